The van der Waals surface area contributed by atoms with Crippen molar-refractivity contribution in [1.29, 1.82) is 0 Å². The van der Waals surface area contributed by atoms with Crippen molar-refractivity contribution in [1.82, 2.24) is 14.8 Å². The van der Waals surface area contributed by atoms with Gasteiger partial charge in [0, 0.05) is 24.4 Å². The van der Waals surface area contributed by atoms with Crippen molar-refractivity contribution in [2.24, 2.45) is 5.92 Å². The normalized spacial score (nSPS) is 22.6. The van der Waals surface area contributed by atoms with Crippen molar-refractivity contribution in [3.8, 4) is 5.69 Å². The van der Waals surface area contributed by atoms with E-state index in [0.29, 0.717) is 48.4 Å². The second kappa shape index (κ2) is 7.05. The molecule has 1 saturated carbocycles. The van der Waals surface area contributed by atoms with Crippen LogP contribution in [0.3, 0.4) is 0 Å². The number of carbonyl (C=O) groups excluding carboxylic acids is 2. The molecule has 3 heterocycles. The standard InChI is InChI=1S/C22H19FN4O3/c23-15-3-5-16(6-4-15)27-13-9-18(26-27)25-20(28)14-7-10-22(11-8-14)19-17(21(29)30-22)2-1-12-24-19/h1-6,9,12-14H,7-8,10-11H2,(H,25,26,28). The Bertz CT molecular complexity index is 1120. The number of amides is 1. The Labute approximate surface area is 171 Å². The van der Waals surface area contributed by atoms with Gasteiger partial charge in [0.25, 0.3) is 0 Å². The SMILES string of the molecule is O=C1OC2(CCC(C(=O)Nc3ccn(-c4ccc(F)cc4)n3)CC2)c2ncccc21. The van der Waals surface area contributed by atoms with E-state index >= 15 is 0 Å². The quantitative estimate of drug-likeness (QED) is 0.672. The average Bonchev–Trinajstić information content (AvgIpc) is 3.33. The molecule has 3 aromatic rings. The first kappa shape index (κ1) is 18.5. The van der Waals surface area contributed by atoms with E-state index in [4.69, 9.17) is 4.74 Å². The molecule has 0 unspecified atom stereocenters. The largest absolute Gasteiger partial charge is 0.449 e. The van der Waals surface area contributed by atoms with Crippen LogP contribution in [0.15, 0.2) is 54.9 Å². The molecule has 7 nitrogen and oxygen atoms in total. The lowest BCUT2D eigenvalue weighted by atomic mass is 9.76. The monoisotopic (exact) mass is 406 g/mol. The number of rotatable bonds is 3. The topological polar surface area (TPSA) is 86.1 Å². The van der Waals surface area contributed by atoms with Gasteiger partial charge in [-0.3, -0.25) is 9.78 Å². The minimum Gasteiger partial charge on any atom is -0.449 e. The maximum atomic E-state index is 13.1. The van der Waals surface area contributed by atoms with Gasteiger partial charge in [-0.1, -0.05) is 0 Å². The summed E-state index contributed by atoms with van der Waals surface area (Å²) in [7, 11) is 0. The highest BCUT2D eigenvalue weighted by Crippen LogP contribution is 2.47. The van der Waals surface area contributed by atoms with Crippen LogP contribution in [0.5, 0.6) is 0 Å². The smallest absolute Gasteiger partial charge is 0.341 e. The maximum Gasteiger partial charge on any atom is 0.341 e. The third-order valence-corrected chi connectivity index (χ3v) is 5.84. The maximum absolute atomic E-state index is 13.1. The Morgan fingerprint density at radius 3 is 2.70 bits per heavy atom. The van der Waals surface area contributed by atoms with Gasteiger partial charge >= 0.3 is 5.97 Å². The second-order valence-electron chi connectivity index (χ2n) is 7.67. The summed E-state index contributed by atoms with van der Waals surface area (Å²) >= 11 is 0. The Hall–Kier alpha value is -3.55. The molecule has 2 aliphatic rings. The number of pyridine rings is 1. The van der Waals surface area contributed by atoms with E-state index < -0.39 is 5.60 Å². The van der Waals surface area contributed by atoms with E-state index in [1.165, 1.54) is 12.1 Å². The molecular weight excluding hydrogens is 387 g/mol. The molecule has 1 aliphatic carbocycles. The van der Waals surface area contributed by atoms with Crippen molar-refractivity contribution in [3.63, 3.8) is 0 Å². The van der Waals surface area contributed by atoms with Gasteiger partial charge in [0.1, 0.15) is 5.82 Å². The summed E-state index contributed by atoms with van der Waals surface area (Å²) in [5, 5.41) is 7.19. The van der Waals surface area contributed by atoms with Crippen LogP contribution in [0.2, 0.25) is 0 Å². The number of aromatic nitrogens is 3. The van der Waals surface area contributed by atoms with E-state index in [0.717, 1.165) is 0 Å². The molecule has 1 fully saturated rings. The van der Waals surface area contributed by atoms with Crippen LogP contribution in [0.25, 0.3) is 5.69 Å². The molecule has 152 valence electrons. The van der Waals surface area contributed by atoms with Crippen molar-refractivity contribution >= 4 is 17.7 Å². The number of anilines is 1. The number of carbonyl (C=O) groups is 2. The summed E-state index contributed by atoms with van der Waals surface area (Å²) in [6.45, 7) is 0. The lowest BCUT2D eigenvalue weighted by Crippen LogP contribution is -2.36. The van der Waals surface area contributed by atoms with Crippen LogP contribution in [-0.2, 0) is 15.1 Å². The van der Waals surface area contributed by atoms with Crippen LogP contribution >= 0.6 is 0 Å². The molecule has 0 radical (unpaired) electrons. The molecule has 1 aromatic carbocycles. The van der Waals surface area contributed by atoms with Crippen molar-refractivity contribution < 1.29 is 18.7 Å². The molecule has 1 spiro atoms. The van der Waals surface area contributed by atoms with Gasteiger partial charge in [0.2, 0.25) is 5.91 Å². The summed E-state index contributed by atoms with van der Waals surface area (Å²) in [6, 6.07) is 11.1. The van der Waals surface area contributed by atoms with Gasteiger partial charge in [-0.25, -0.2) is 13.9 Å². The van der Waals surface area contributed by atoms with Crippen LogP contribution in [0.1, 0.15) is 41.7 Å². The molecule has 0 bridgehead atoms. The fourth-order valence-electron chi connectivity index (χ4n) is 4.26. The molecule has 2 aromatic heterocycles. The lowest BCUT2D eigenvalue weighted by molar-refractivity contribution is -0.123. The summed E-state index contributed by atoms with van der Waals surface area (Å²) in [5.41, 5.74) is 1.19. The Kier molecular flexibility index (Phi) is 4.34. The first-order valence-electron chi connectivity index (χ1n) is 9.85. The molecule has 30 heavy (non-hydrogen) atoms. The molecule has 1 aliphatic heterocycles. The molecule has 1 N–H and O–H groups in total. The fraction of sp³-hybridized carbons (Fsp3) is 0.273. The van der Waals surface area contributed by atoms with Gasteiger partial charge in [0.05, 0.1) is 16.9 Å². The van der Waals surface area contributed by atoms with Crippen LogP contribution in [-0.4, -0.2) is 26.6 Å². The van der Waals surface area contributed by atoms with Crippen molar-refractivity contribution in [2.75, 3.05) is 5.32 Å². The second-order valence-corrected chi connectivity index (χ2v) is 7.67. The number of halogens is 1. The van der Waals surface area contributed by atoms with Crippen LogP contribution < -0.4 is 5.32 Å². The van der Waals surface area contributed by atoms with E-state index in [9.17, 15) is 14.0 Å². The lowest BCUT2D eigenvalue weighted by Gasteiger charge is -2.35. The zero-order valence-electron chi connectivity index (χ0n) is 16.0. The number of ether oxygens (including phenoxy) is 1. The van der Waals surface area contributed by atoms with E-state index in [1.807, 2.05) is 0 Å². The number of esters is 1. The first-order chi connectivity index (χ1) is 14.5. The van der Waals surface area contributed by atoms with Crippen LogP contribution in [0.4, 0.5) is 10.2 Å². The van der Waals surface area contributed by atoms with E-state index in [-0.39, 0.29) is 23.6 Å². The Morgan fingerprint density at radius 2 is 1.93 bits per heavy atom. The fourth-order valence-corrected chi connectivity index (χ4v) is 4.26. The molecule has 0 saturated heterocycles. The van der Waals surface area contributed by atoms with Gasteiger partial charge < -0.3 is 10.1 Å². The van der Waals surface area contributed by atoms with Crippen LogP contribution in [0, 0.1) is 11.7 Å². The van der Waals surface area contributed by atoms with E-state index in [1.54, 1.807) is 47.4 Å². The number of hydrogen-bond acceptors (Lipinski definition) is 5. The molecule has 5 rings (SSSR count). The minimum absolute atomic E-state index is 0.111. The highest BCUT2D eigenvalue weighted by Gasteiger charge is 2.49. The zero-order chi connectivity index (χ0) is 20.7. The zero-order valence-corrected chi connectivity index (χ0v) is 16.0. The Morgan fingerprint density at radius 1 is 1.17 bits per heavy atom. The number of benzene rings is 1. The molecule has 1 amide bonds. The number of nitrogens with zero attached hydrogens (tertiary/aromatic N) is 3. The third kappa shape index (κ3) is 3.14. The first-order valence-corrected chi connectivity index (χ1v) is 9.85. The summed E-state index contributed by atoms with van der Waals surface area (Å²) < 4.78 is 20.3. The summed E-state index contributed by atoms with van der Waals surface area (Å²) in [5.74, 6) is -0.533. The predicted molar refractivity (Wildman–Crippen MR) is 105 cm³/mol. The molecule has 0 atom stereocenters. The summed E-state index contributed by atoms with van der Waals surface area (Å²) in [4.78, 5) is 29.3. The molecule has 8 heteroatoms. The average molecular weight is 406 g/mol. The van der Waals surface area contributed by atoms with Gasteiger partial charge in [-0.2, -0.15) is 5.10 Å². The highest BCUT2D eigenvalue weighted by atomic mass is 19.1. The Balaban J connectivity index is 1.24. The van der Waals surface area contributed by atoms with Gasteiger partial charge in [0.15, 0.2) is 11.4 Å². The van der Waals surface area contributed by atoms with Gasteiger partial charge in [-0.15, -0.1) is 0 Å². The van der Waals surface area contributed by atoms with E-state index in [2.05, 4.69) is 15.4 Å². The predicted octanol–water partition coefficient (Wildman–Crippen LogP) is 3.60. The highest BCUT2D eigenvalue weighted by molar-refractivity contribution is 5.94. The van der Waals surface area contributed by atoms with Gasteiger partial charge in [-0.05, 0) is 62.1 Å². The number of hydrogen-bond donors (Lipinski definition) is 1. The third-order valence-electron chi connectivity index (χ3n) is 5.84. The van der Waals surface area contributed by atoms with Crippen molar-refractivity contribution in [3.05, 3.63) is 71.9 Å². The number of nitrogens with one attached hydrogen (secondary N) is 1. The molecular formula is C22H19FN4O3. The van der Waals surface area contributed by atoms with Crippen molar-refractivity contribution in [2.45, 2.75) is 31.3 Å². The minimum atomic E-state index is -0.714. The summed E-state index contributed by atoms with van der Waals surface area (Å²) in [6.07, 6.45) is 5.68. The number of fused-ring (bicyclic) bond motifs is 2.